The molecule has 0 aliphatic carbocycles. The van der Waals surface area contributed by atoms with Crippen molar-refractivity contribution in [3.05, 3.63) is 42.7 Å². The van der Waals surface area contributed by atoms with Crippen molar-refractivity contribution in [2.24, 2.45) is 0 Å². The summed E-state index contributed by atoms with van der Waals surface area (Å²) in [4.78, 5) is 8.55. The van der Waals surface area contributed by atoms with E-state index in [2.05, 4.69) is 15.3 Å². The van der Waals surface area contributed by atoms with Crippen molar-refractivity contribution in [2.45, 2.75) is 12.5 Å². The number of furan rings is 1. The molecule has 1 aromatic carbocycles. The van der Waals surface area contributed by atoms with Crippen molar-refractivity contribution in [1.29, 1.82) is 0 Å². The molecule has 0 saturated carbocycles. The van der Waals surface area contributed by atoms with Gasteiger partial charge in [-0.3, -0.25) is 0 Å². The van der Waals surface area contributed by atoms with Crippen LogP contribution in [0.5, 0.6) is 0 Å². The predicted octanol–water partition coefficient (Wildman–Crippen LogP) is 3.09. The molecule has 5 nitrogen and oxygen atoms in total. The number of nitrogens with zero attached hydrogens (tertiary/aromatic N) is 2. The molecule has 1 fully saturated rings. The molecular weight excluding hydrogens is 266 g/mol. The first-order valence-corrected chi connectivity index (χ1v) is 7.04. The minimum atomic E-state index is 0.304. The van der Waals surface area contributed by atoms with Gasteiger partial charge in [0.2, 0.25) is 5.71 Å². The third-order valence-corrected chi connectivity index (χ3v) is 3.66. The Morgan fingerprint density at radius 1 is 1.14 bits per heavy atom. The first-order chi connectivity index (χ1) is 10.4. The number of hydrogen-bond acceptors (Lipinski definition) is 5. The van der Waals surface area contributed by atoms with Gasteiger partial charge in [0.05, 0.1) is 18.0 Å². The van der Waals surface area contributed by atoms with E-state index in [9.17, 15) is 0 Å². The highest BCUT2D eigenvalue weighted by atomic mass is 16.5. The Balaban J connectivity index is 1.73. The fraction of sp³-hybridized carbons (Fsp3) is 0.250. The number of benzene rings is 1. The molecule has 0 amide bonds. The molecule has 1 aliphatic heterocycles. The highest BCUT2D eigenvalue weighted by molar-refractivity contribution is 5.89. The quantitative estimate of drug-likeness (QED) is 0.799. The molecule has 2 aromatic heterocycles. The van der Waals surface area contributed by atoms with Crippen LogP contribution in [0.25, 0.3) is 22.4 Å². The molecule has 0 spiro atoms. The van der Waals surface area contributed by atoms with Crippen molar-refractivity contribution in [3.63, 3.8) is 0 Å². The van der Waals surface area contributed by atoms with E-state index in [0.717, 1.165) is 42.2 Å². The van der Waals surface area contributed by atoms with Gasteiger partial charge in [-0.05, 0) is 12.5 Å². The smallest absolute Gasteiger partial charge is 0.231 e. The summed E-state index contributed by atoms with van der Waals surface area (Å²) in [5.74, 6) is 1.61. The Bertz CT molecular complexity index is 749. The van der Waals surface area contributed by atoms with E-state index in [0.29, 0.717) is 11.8 Å². The number of rotatable bonds is 3. The molecule has 106 valence electrons. The van der Waals surface area contributed by atoms with Crippen LogP contribution in [-0.4, -0.2) is 29.2 Å². The van der Waals surface area contributed by atoms with Gasteiger partial charge in [0.25, 0.3) is 0 Å². The van der Waals surface area contributed by atoms with E-state index < -0.39 is 0 Å². The van der Waals surface area contributed by atoms with Crippen molar-refractivity contribution in [1.82, 2.24) is 9.97 Å². The van der Waals surface area contributed by atoms with Gasteiger partial charge in [0.15, 0.2) is 0 Å². The Labute approximate surface area is 122 Å². The third-order valence-electron chi connectivity index (χ3n) is 3.66. The molecule has 3 aromatic rings. The van der Waals surface area contributed by atoms with E-state index >= 15 is 0 Å². The molecule has 0 radical (unpaired) electrons. The number of aromatic nitrogens is 2. The van der Waals surface area contributed by atoms with Gasteiger partial charge in [-0.1, -0.05) is 30.3 Å². The lowest BCUT2D eigenvalue weighted by molar-refractivity contribution is 0.195. The van der Waals surface area contributed by atoms with Gasteiger partial charge in [-0.25, -0.2) is 9.97 Å². The lowest BCUT2D eigenvalue weighted by Gasteiger charge is -2.10. The summed E-state index contributed by atoms with van der Waals surface area (Å²) < 4.78 is 11.2. The highest BCUT2D eigenvalue weighted by Gasteiger charge is 2.18. The van der Waals surface area contributed by atoms with E-state index in [1.165, 1.54) is 6.33 Å². The van der Waals surface area contributed by atoms with Crippen molar-refractivity contribution < 1.29 is 9.15 Å². The standard InChI is InChI=1S/C16H15N3O2/c1-2-4-11(5-3-1)14-8-13-15(17-10-18-16(13)21-14)19-12-6-7-20-9-12/h1-5,8,10,12H,6-7,9H2,(H,17,18,19)/t12-/m1/s1. The Morgan fingerprint density at radius 3 is 2.86 bits per heavy atom. The van der Waals surface area contributed by atoms with Crippen LogP contribution in [0, 0.1) is 0 Å². The lowest BCUT2D eigenvalue weighted by atomic mass is 10.1. The fourth-order valence-corrected chi connectivity index (χ4v) is 2.56. The number of ether oxygens (including phenoxy) is 1. The van der Waals surface area contributed by atoms with Crippen LogP contribution in [-0.2, 0) is 4.74 Å². The zero-order valence-electron chi connectivity index (χ0n) is 11.5. The van der Waals surface area contributed by atoms with Gasteiger partial charge in [0.1, 0.15) is 17.9 Å². The van der Waals surface area contributed by atoms with E-state index in [4.69, 9.17) is 9.15 Å². The van der Waals surface area contributed by atoms with E-state index in [1.54, 1.807) is 0 Å². The maximum absolute atomic E-state index is 5.84. The van der Waals surface area contributed by atoms with Crippen LogP contribution in [0.2, 0.25) is 0 Å². The average molecular weight is 281 g/mol. The fourth-order valence-electron chi connectivity index (χ4n) is 2.56. The average Bonchev–Trinajstić information content (AvgIpc) is 3.17. The lowest BCUT2D eigenvalue weighted by Crippen LogP contribution is -2.19. The number of anilines is 1. The summed E-state index contributed by atoms with van der Waals surface area (Å²) in [5, 5.41) is 4.32. The van der Waals surface area contributed by atoms with E-state index in [1.807, 2.05) is 36.4 Å². The maximum atomic E-state index is 5.84. The van der Waals surface area contributed by atoms with Crippen molar-refractivity contribution in [3.8, 4) is 11.3 Å². The first-order valence-electron chi connectivity index (χ1n) is 7.04. The maximum Gasteiger partial charge on any atom is 0.231 e. The zero-order valence-corrected chi connectivity index (χ0v) is 11.5. The normalized spacial score (nSPS) is 18.2. The molecule has 21 heavy (non-hydrogen) atoms. The molecule has 0 bridgehead atoms. The monoisotopic (exact) mass is 281 g/mol. The molecule has 1 saturated heterocycles. The van der Waals surface area contributed by atoms with Crippen LogP contribution in [0.15, 0.2) is 47.1 Å². The SMILES string of the molecule is c1ccc(-c2cc3c(N[C@@H]4CCOC4)ncnc3o2)cc1. The van der Waals surface area contributed by atoms with E-state index in [-0.39, 0.29) is 0 Å². The summed E-state index contributed by atoms with van der Waals surface area (Å²) in [7, 11) is 0. The van der Waals surface area contributed by atoms with Gasteiger partial charge in [-0.15, -0.1) is 0 Å². The molecule has 3 heterocycles. The van der Waals surface area contributed by atoms with Crippen LogP contribution >= 0.6 is 0 Å². The first kappa shape index (κ1) is 12.3. The van der Waals surface area contributed by atoms with Gasteiger partial charge >= 0.3 is 0 Å². The summed E-state index contributed by atoms with van der Waals surface area (Å²) in [6, 6.07) is 12.3. The van der Waals surface area contributed by atoms with Crippen LogP contribution in [0.4, 0.5) is 5.82 Å². The number of nitrogens with one attached hydrogen (secondary N) is 1. The second kappa shape index (κ2) is 5.18. The number of fused-ring (bicyclic) bond motifs is 1. The van der Waals surface area contributed by atoms with Crippen molar-refractivity contribution >= 4 is 16.9 Å². The Morgan fingerprint density at radius 2 is 2.05 bits per heavy atom. The van der Waals surface area contributed by atoms with Crippen LogP contribution in [0.3, 0.4) is 0 Å². The zero-order chi connectivity index (χ0) is 14.1. The molecule has 4 rings (SSSR count). The molecule has 5 heteroatoms. The minimum absolute atomic E-state index is 0.304. The Hall–Kier alpha value is -2.40. The molecular formula is C16H15N3O2. The Kier molecular flexibility index (Phi) is 3.05. The summed E-state index contributed by atoms with van der Waals surface area (Å²) in [6.45, 7) is 1.52. The summed E-state index contributed by atoms with van der Waals surface area (Å²) in [6.07, 6.45) is 2.52. The molecule has 1 N–H and O–H groups in total. The van der Waals surface area contributed by atoms with Crippen LogP contribution in [0.1, 0.15) is 6.42 Å². The minimum Gasteiger partial charge on any atom is -0.438 e. The summed E-state index contributed by atoms with van der Waals surface area (Å²) in [5.41, 5.74) is 1.64. The highest BCUT2D eigenvalue weighted by Crippen LogP contribution is 2.30. The second-order valence-electron chi connectivity index (χ2n) is 5.12. The molecule has 1 atom stereocenters. The molecule has 0 unspecified atom stereocenters. The number of hydrogen-bond donors (Lipinski definition) is 1. The van der Waals surface area contributed by atoms with Crippen molar-refractivity contribution in [2.75, 3.05) is 18.5 Å². The third kappa shape index (κ3) is 2.36. The topological polar surface area (TPSA) is 60.2 Å². The van der Waals surface area contributed by atoms with Gasteiger partial charge < -0.3 is 14.5 Å². The molecule has 1 aliphatic rings. The second-order valence-corrected chi connectivity index (χ2v) is 5.12. The van der Waals surface area contributed by atoms with Crippen LogP contribution < -0.4 is 5.32 Å². The summed E-state index contributed by atoms with van der Waals surface area (Å²) >= 11 is 0. The van der Waals surface area contributed by atoms with Gasteiger partial charge in [-0.2, -0.15) is 0 Å². The predicted molar refractivity (Wildman–Crippen MR) is 80.1 cm³/mol. The largest absolute Gasteiger partial charge is 0.438 e. The van der Waals surface area contributed by atoms with Gasteiger partial charge in [0, 0.05) is 12.2 Å².